The zero-order valence-electron chi connectivity index (χ0n) is 15.8. The zero-order chi connectivity index (χ0) is 18.6. The van der Waals surface area contributed by atoms with E-state index in [0.717, 1.165) is 45.2 Å². The normalized spacial score (nSPS) is 16.9. The van der Waals surface area contributed by atoms with Crippen LogP contribution in [-0.4, -0.2) is 52.0 Å². The van der Waals surface area contributed by atoms with Crippen molar-refractivity contribution in [2.45, 2.75) is 26.2 Å². The van der Waals surface area contributed by atoms with Crippen LogP contribution >= 0.6 is 35.6 Å². The average Bonchev–Trinajstić information content (AvgIpc) is 3.13. The minimum absolute atomic E-state index is 0. The smallest absolute Gasteiger partial charge is 0.191 e. The standard InChI is InChI=1S/C19H29ClFN3O2.HI/c1-2-22-19(23-9-4-11-25-13-15-8-12-26-14-15)24-10-7-16-17(20)5-3-6-18(16)21;/h3,5-6,15H,2,4,7-14H2,1H3,(H2,22,23,24);1H. The topological polar surface area (TPSA) is 54.9 Å². The summed E-state index contributed by atoms with van der Waals surface area (Å²) in [5.41, 5.74) is 0.529. The van der Waals surface area contributed by atoms with Crippen molar-refractivity contribution in [2.75, 3.05) is 46.1 Å². The molecule has 154 valence electrons. The lowest BCUT2D eigenvalue weighted by atomic mass is 10.1. The van der Waals surface area contributed by atoms with Crippen LogP contribution in [0.4, 0.5) is 4.39 Å². The van der Waals surface area contributed by atoms with Gasteiger partial charge in [0.2, 0.25) is 0 Å². The fourth-order valence-corrected chi connectivity index (χ4v) is 3.00. The maximum absolute atomic E-state index is 13.8. The fourth-order valence-electron chi connectivity index (χ4n) is 2.74. The minimum Gasteiger partial charge on any atom is -0.381 e. The Labute approximate surface area is 183 Å². The predicted molar refractivity (Wildman–Crippen MR) is 119 cm³/mol. The summed E-state index contributed by atoms with van der Waals surface area (Å²) < 4.78 is 24.8. The molecule has 1 heterocycles. The van der Waals surface area contributed by atoms with Gasteiger partial charge in [0.15, 0.2) is 5.96 Å². The maximum Gasteiger partial charge on any atom is 0.191 e. The molecule has 0 bridgehead atoms. The number of halogens is 3. The molecule has 2 N–H and O–H groups in total. The van der Waals surface area contributed by atoms with Crippen molar-refractivity contribution < 1.29 is 13.9 Å². The van der Waals surface area contributed by atoms with Crippen LogP contribution in [0.2, 0.25) is 5.02 Å². The summed E-state index contributed by atoms with van der Waals surface area (Å²) in [6.07, 6.45) is 2.46. The number of nitrogens with zero attached hydrogens (tertiary/aromatic N) is 1. The van der Waals surface area contributed by atoms with Gasteiger partial charge in [-0.1, -0.05) is 17.7 Å². The van der Waals surface area contributed by atoms with Crippen LogP contribution in [-0.2, 0) is 15.9 Å². The molecule has 8 heteroatoms. The van der Waals surface area contributed by atoms with Gasteiger partial charge in [-0.05, 0) is 38.3 Å². The van der Waals surface area contributed by atoms with Crippen LogP contribution in [0.5, 0.6) is 0 Å². The SMILES string of the molecule is CCNC(=NCCCOCC1CCOC1)NCCc1c(F)cccc1Cl.I. The number of nitrogens with one attached hydrogen (secondary N) is 2. The first-order valence-electron chi connectivity index (χ1n) is 9.31. The fraction of sp³-hybridized carbons (Fsp3) is 0.632. The number of rotatable bonds is 10. The van der Waals surface area contributed by atoms with Crippen molar-refractivity contribution in [3.8, 4) is 0 Å². The van der Waals surface area contributed by atoms with Crippen molar-refractivity contribution >= 4 is 41.5 Å². The highest BCUT2D eigenvalue weighted by atomic mass is 127. The molecule has 1 saturated heterocycles. The highest BCUT2D eigenvalue weighted by Crippen LogP contribution is 2.18. The van der Waals surface area contributed by atoms with Gasteiger partial charge in [-0.3, -0.25) is 4.99 Å². The first kappa shape index (κ1) is 24.4. The molecular weight excluding hydrogens is 484 g/mol. The van der Waals surface area contributed by atoms with Crippen LogP contribution < -0.4 is 10.6 Å². The van der Waals surface area contributed by atoms with E-state index in [-0.39, 0.29) is 29.8 Å². The number of hydrogen-bond acceptors (Lipinski definition) is 3. The molecular formula is C19H30ClFIN3O2. The quantitative estimate of drug-likeness (QED) is 0.217. The highest BCUT2D eigenvalue weighted by Gasteiger charge is 2.15. The van der Waals surface area contributed by atoms with Crippen molar-refractivity contribution in [3.05, 3.63) is 34.6 Å². The molecule has 0 amide bonds. The summed E-state index contributed by atoms with van der Waals surface area (Å²) in [4.78, 5) is 4.52. The van der Waals surface area contributed by atoms with E-state index in [2.05, 4.69) is 15.6 Å². The summed E-state index contributed by atoms with van der Waals surface area (Å²) in [7, 11) is 0. The Hall–Kier alpha value is -0.640. The second kappa shape index (κ2) is 14.4. The van der Waals surface area contributed by atoms with E-state index in [1.165, 1.54) is 6.07 Å². The van der Waals surface area contributed by atoms with Crippen LogP contribution in [0.15, 0.2) is 23.2 Å². The molecule has 0 spiro atoms. The molecule has 2 rings (SSSR count). The van der Waals surface area contributed by atoms with E-state index >= 15 is 0 Å². The van der Waals surface area contributed by atoms with Crippen LogP contribution in [0, 0.1) is 11.7 Å². The molecule has 0 saturated carbocycles. The van der Waals surface area contributed by atoms with Gasteiger partial charge in [0, 0.05) is 49.4 Å². The van der Waals surface area contributed by atoms with Crippen molar-refractivity contribution in [1.82, 2.24) is 10.6 Å². The number of ether oxygens (including phenoxy) is 2. The van der Waals surface area contributed by atoms with Crippen LogP contribution in [0.3, 0.4) is 0 Å². The number of guanidine groups is 1. The van der Waals surface area contributed by atoms with Gasteiger partial charge in [0.1, 0.15) is 5.82 Å². The summed E-state index contributed by atoms with van der Waals surface area (Å²) in [5, 5.41) is 6.86. The summed E-state index contributed by atoms with van der Waals surface area (Å²) in [6, 6.07) is 4.75. The number of benzene rings is 1. The Bertz CT molecular complexity index is 552. The lowest BCUT2D eigenvalue weighted by molar-refractivity contribution is 0.0893. The van der Waals surface area contributed by atoms with E-state index in [9.17, 15) is 4.39 Å². The molecule has 0 aliphatic carbocycles. The van der Waals surface area contributed by atoms with Gasteiger partial charge in [-0.2, -0.15) is 0 Å². The van der Waals surface area contributed by atoms with Crippen LogP contribution in [0.25, 0.3) is 0 Å². The summed E-state index contributed by atoms with van der Waals surface area (Å²) in [5.74, 6) is 0.998. The zero-order valence-corrected chi connectivity index (χ0v) is 18.9. The average molecular weight is 514 g/mol. The molecule has 0 aromatic heterocycles. The molecule has 1 unspecified atom stereocenters. The van der Waals surface area contributed by atoms with Crippen molar-refractivity contribution in [1.29, 1.82) is 0 Å². The Morgan fingerprint density at radius 3 is 2.96 bits per heavy atom. The lowest BCUT2D eigenvalue weighted by Crippen LogP contribution is -2.38. The van der Waals surface area contributed by atoms with Crippen LogP contribution in [0.1, 0.15) is 25.3 Å². The van der Waals surface area contributed by atoms with Gasteiger partial charge in [0.05, 0.1) is 13.2 Å². The second-order valence-corrected chi connectivity index (χ2v) is 6.70. The highest BCUT2D eigenvalue weighted by molar-refractivity contribution is 14.0. The minimum atomic E-state index is -0.272. The maximum atomic E-state index is 13.8. The molecule has 5 nitrogen and oxygen atoms in total. The first-order valence-corrected chi connectivity index (χ1v) is 9.69. The molecule has 1 aliphatic heterocycles. The Morgan fingerprint density at radius 1 is 1.41 bits per heavy atom. The first-order chi connectivity index (χ1) is 12.7. The number of hydrogen-bond donors (Lipinski definition) is 2. The Balaban J connectivity index is 0.00000364. The van der Waals surface area contributed by atoms with E-state index in [4.69, 9.17) is 21.1 Å². The molecule has 1 aliphatic rings. The molecule has 1 aromatic carbocycles. The lowest BCUT2D eigenvalue weighted by Gasteiger charge is -2.12. The largest absolute Gasteiger partial charge is 0.381 e. The molecule has 1 atom stereocenters. The van der Waals surface area contributed by atoms with Gasteiger partial charge in [0.25, 0.3) is 0 Å². The Morgan fingerprint density at radius 2 is 2.26 bits per heavy atom. The van der Waals surface area contributed by atoms with E-state index in [1.54, 1.807) is 12.1 Å². The predicted octanol–water partition coefficient (Wildman–Crippen LogP) is 3.64. The van der Waals surface area contributed by atoms with E-state index in [1.807, 2.05) is 6.92 Å². The third-order valence-corrected chi connectivity index (χ3v) is 4.52. The molecule has 1 fully saturated rings. The van der Waals surface area contributed by atoms with Gasteiger partial charge >= 0.3 is 0 Å². The monoisotopic (exact) mass is 513 g/mol. The van der Waals surface area contributed by atoms with Gasteiger partial charge in [-0.15, -0.1) is 24.0 Å². The molecule has 0 radical (unpaired) electrons. The van der Waals surface area contributed by atoms with Crippen molar-refractivity contribution in [2.24, 2.45) is 10.9 Å². The van der Waals surface area contributed by atoms with Gasteiger partial charge < -0.3 is 20.1 Å². The van der Waals surface area contributed by atoms with Crippen molar-refractivity contribution in [3.63, 3.8) is 0 Å². The number of aliphatic imine (C=N–C) groups is 1. The van der Waals surface area contributed by atoms with E-state index < -0.39 is 0 Å². The van der Waals surface area contributed by atoms with E-state index in [0.29, 0.717) is 42.6 Å². The second-order valence-electron chi connectivity index (χ2n) is 6.30. The third-order valence-electron chi connectivity index (χ3n) is 4.17. The van der Waals surface area contributed by atoms with Gasteiger partial charge in [-0.25, -0.2) is 4.39 Å². The Kier molecular flexibility index (Phi) is 13.0. The molecule has 1 aromatic rings. The molecule has 27 heavy (non-hydrogen) atoms. The third kappa shape index (κ3) is 9.40. The summed E-state index contributed by atoms with van der Waals surface area (Å²) in [6.45, 7) is 7.16. The summed E-state index contributed by atoms with van der Waals surface area (Å²) >= 11 is 6.05.